The summed E-state index contributed by atoms with van der Waals surface area (Å²) in [5.41, 5.74) is 3.94. The van der Waals surface area contributed by atoms with Crippen molar-refractivity contribution in [2.75, 3.05) is 0 Å². The number of thiocarbonyl (C=S) groups is 1. The molecular formula is C11H15N3S. The lowest BCUT2D eigenvalue weighted by Crippen LogP contribution is -2.31. The van der Waals surface area contributed by atoms with Gasteiger partial charge in [-0.25, -0.2) is 0 Å². The van der Waals surface area contributed by atoms with E-state index in [2.05, 4.69) is 15.8 Å². The third-order valence-corrected chi connectivity index (χ3v) is 1.97. The van der Waals surface area contributed by atoms with E-state index >= 15 is 0 Å². The molecule has 0 atom stereocenters. The lowest BCUT2D eigenvalue weighted by molar-refractivity contribution is 0.867. The Morgan fingerprint density at radius 3 is 2.80 bits per heavy atom. The fourth-order valence-electron chi connectivity index (χ4n) is 1.01. The predicted octanol–water partition coefficient (Wildman–Crippen LogP) is 2.05. The van der Waals surface area contributed by atoms with Crippen molar-refractivity contribution in [2.24, 2.45) is 5.10 Å². The first-order valence-corrected chi connectivity index (χ1v) is 5.33. The molecule has 0 heterocycles. The normalized spacial score (nSPS) is 10.2. The van der Waals surface area contributed by atoms with Crippen molar-refractivity contribution in [1.82, 2.24) is 10.7 Å². The quantitative estimate of drug-likeness (QED) is 0.464. The van der Waals surface area contributed by atoms with Crippen molar-refractivity contribution in [3.05, 3.63) is 35.9 Å². The van der Waals surface area contributed by atoms with Crippen LogP contribution in [0, 0.1) is 0 Å². The fraction of sp³-hybridized carbons (Fsp3) is 0.273. The molecule has 15 heavy (non-hydrogen) atoms. The lowest BCUT2D eigenvalue weighted by atomic mass is 10.2. The van der Waals surface area contributed by atoms with E-state index in [1.807, 2.05) is 37.3 Å². The second-order valence-corrected chi connectivity index (χ2v) is 3.41. The highest BCUT2D eigenvalue weighted by atomic mass is 32.1. The summed E-state index contributed by atoms with van der Waals surface area (Å²) in [5, 5.41) is 7.53. The van der Waals surface area contributed by atoms with Crippen molar-refractivity contribution in [1.29, 1.82) is 0 Å². The molecule has 1 aromatic carbocycles. The first-order chi connectivity index (χ1) is 7.33. The molecule has 0 saturated heterocycles. The van der Waals surface area contributed by atoms with Gasteiger partial charge in [0.25, 0.3) is 0 Å². The highest BCUT2D eigenvalue weighted by Gasteiger charge is 1.93. The summed E-state index contributed by atoms with van der Waals surface area (Å²) in [7, 11) is 0. The molecule has 3 nitrogen and oxygen atoms in total. The van der Waals surface area contributed by atoms with Gasteiger partial charge in [0.2, 0.25) is 0 Å². The average molecular weight is 221 g/mol. The molecule has 0 unspecified atom stereocenters. The van der Waals surface area contributed by atoms with Crippen LogP contribution in [-0.2, 0) is 6.54 Å². The minimum absolute atomic E-state index is 0.545. The third kappa shape index (κ3) is 5.12. The van der Waals surface area contributed by atoms with E-state index in [1.165, 1.54) is 5.56 Å². The molecule has 0 amide bonds. The zero-order valence-electron chi connectivity index (χ0n) is 8.73. The molecular weight excluding hydrogens is 206 g/mol. The molecule has 80 valence electrons. The Kier molecular flexibility index (Phi) is 5.40. The van der Waals surface area contributed by atoms with Crippen LogP contribution in [0.3, 0.4) is 0 Å². The Balaban J connectivity index is 2.26. The Morgan fingerprint density at radius 1 is 1.40 bits per heavy atom. The van der Waals surface area contributed by atoms with Gasteiger partial charge in [-0.2, -0.15) is 5.10 Å². The van der Waals surface area contributed by atoms with Crippen molar-refractivity contribution in [2.45, 2.75) is 19.9 Å². The Bertz CT molecular complexity index is 322. The second-order valence-electron chi connectivity index (χ2n) is 3.00. The van der Waals surface area contributed by atoms with Crippen LogP contribution >= 0.6 is 12.2 Å². The molecule has 0 radical (unpaired) electrons. The number of rotatable bonds is 4. The van der Waals surface area contributed by atoms with E-state index in [0.717, 1.165) is 6.42 Å². The van der Waals surface area contributed by atoms with E-state index in [0.29, 0.717) is 11.7 Å². The summed E-state index contributed by atoms with van der Waals surface area (Å²) in [4.78, 5) is 0. The number of benzene rings is 1. The molecule has 0 fully saturated rings. The van der Waals surface area contributed by atoms with Crippen LogP contribution in [0.15, 0.2) is 35.4 Å². The van der Waals surface area contributed by atoms with Crippen molar-refractivity contribution in [3.8, 4) is 0 Å². The van der Waals surface area contributed by atoms with Crippen LogP contribution in [0.25, 0.3) is 0 Å². The van der Waals surface area contributed by atoms with Crippen molar-refractivity contribution < 1.29 is 0 Å². The molecule has 0 aliphatic heterocycles. The van der Waals surface area contributed by atoms with Gasteiger partial charge in [-0.3, -0.25) is 5.43 Å². The Labute approximate surface area is 95.6 Å². The smallest absolute Gasteiger partial charge is 0.187 e. The van der Waals surface area contributed by atoms with E-state index in [9.17, 15) is 0 Å². The van der Waals surface area contributed by atoms with Crippen LogP contribution in [0.2, 0.25) is 0 Å². The maximum atomic E-state index is 5.03. The Morgan fingerprint density at radius 2 is 2.13 bits per heavy atom. The molecule has 0 aliphatic rings. The second kappa shape index (κ2) is 6.95. The number of hydrazone groups is 1. The van der Waals surface area contributed by atoms with Gasteiger partial charge in [-0.05, 0) is 24.2 Å². The lowest BCUT2D eigenvalue weighted by Gasteiger charge is -2.06. The summed E-state index contributed by atoms with van der Waals surface area (Å²) in [6.07, 6.45) is 2.67. The predicted molar refractivity (Wildman–Crippen MR) is 67.8 cm³/mol. The van der Waals surface area contributed by atoms with Gasteiger partial charge in [0.1, 0.15) is 0 Å². The Hall–Kier alpha value is -1.42. The minimum atomic E-state index is 0.545. The molecule has 0 bridgehead atoms. The molecule has 0 saturated carbocycles. The monoisotopic (exact) mass is 221 g/mol. The topological polar surface area (TPSA) is 36.4 Å². The highest BCUT2D eigenvalue weighted by molar-refractivity contribution is 7.80. The van der Waals surface area contributed by atoms with Crippen LogP contribution in [-0.4, -0.2) is 11.3 Å². The van der Waals surface area contributed by atoms with E-state index < -0.39 is 0 Å². The van der Waals surface area contributed by atoms with Crippen LogP contribution in [0.1, 0.15) is 18.9 Å². The molecule has 2 N–H and O–H groups in total. The van der Waals surface area contributed by atoms with E-state index in [-0.39, 0.29) is 0 Å². The zero-order chi connectivity index (χ0) is 10.9. The maximum absolute atomic E-state index is 5.03. The summed E-state index contributed by atoms with van der Waals surface area (Å²) in [6, 6.07) is 10.1. The van der Waals surface area contributed by atoms with Gasteiger partial charge < -0.3 is 5.32 Å². The molecule has 0 spiro atoms. The van der Waals surface area contributed by atoms with Crippen molar-refractivity contribution in [3.63, 3.8) is 0 Å². The molecule has 4 heteroatoms. The number of hydrogen-bond donors (Lipinski definition) is 2. The number of nitrogens with zero attached hydrogens (tertiary/aromatic N) is 1. The van der Waals surface area contributed by atoms with Crippen LogP contribution in [0.5, 0.6) is 0 Å². The summed E-state index contributed by atoms with van der Waals surface area (Å²) in [5.74, 6) is 0. The molecule has 1 aromatic rings. The third-order valence-electron chi connectivity index (χ3n) is 1.74. The van der Waals surface area contributed by atoms with Gasteiger partial charge in [-0.1, -0.05) is 37.3 Å². The minimum Gasteiger partial charge on any atom is -0.357 e. The van der Waals surface area contributed by atoms with E-state index in [1.54, 1.807) is 6.21 Å². The molecule has 1 rings (SSSR count). The zero-order valence-corrected chi connectivity index (χ0v) is 9.55. The summed E-state index contributed by atoms with van der Waals surface area (Å²) in [6.45, 7) is 2.74. The summed E-state index contributed by atoms with van der Waals surface area (Å²) >= 11 is 5.03. The first kappa shape index (κ1) is 11.7. The van der Waals surface area contributed by atoms with E-state index in [4.69, 9.17) is 12.2 Å². The molecule has 0 aliphatic carbocycles. The molecule has 0 aromatic heterocycles. The maximum Gasteiger partial charge on any atom is 0.187 e. The van der Waals surface area contributed by atoms with Crippen LogP contribution in [0.4, 0.5) is 0 Å². The van der Waals surface area contributed by atoms with Gasteiger partial charge in [0.05, 0.1) is 0 Å². The number of hydrogen-bond acceptors (Lipinski definition) is 2. The first-order valence-electron chi connectivity index (χ1n) is 4.92. The van der Waals surface area contributed by atoms with Gasteiger partial charge >= 0.3 is 0 Å². The van der Waals surface area contributed by atoms with Crippen LogP contribution < -0.4 is 10.7 Å². The van der Waals surface area contributed by atoms with Gasteiger partial charge in [0.15, 0.2) is 5.11 Å². The SMILES string of the molecule is CC/C=N/NC(=S)NCc1ccccc1. The average Bonchev–Trinajstić information content (AvgIpc) is 2.28. The standard InChI is InChI=1S/C11H15N3S/c1-2-8-13-14-11(15)12-9-10-6-4-3-5-7-10/h3-8H,2,9H2,1H3,(H2,12,14,15)/b13-8+. The largest absolute Gasteiger partial charge is 0.357 e. The highest BCUT2D eigenvalue weighted by Crippen LogP contribution is 1.96. The fourth-order valence-corrected chi connectivity index (χ4v) is 1.14. The van der Waals surface area contributed by atoms with Crippen molar-refractivity contribution >= 4 is 23.5 Å². The van der Waals surface area contributed by atoms with Gasteiger partial charge in [-0.15, -0.1) is 0 Å². The van der Waals surface area contributed by atoms with Gasteiger partial charge in [0, 0.05) is 12.8 Å². The number of nitrogens with one attached hydrogen (secondary N) is 2. The summed E-state index contributed by atoms with van der Waals surface area (Å²) < 4.78 is 0.